The number of rotatable bonds is 3. The van der Waals surface area contributed by atoms with Crippen LogP contribution in [0.15, 0.2) is 48.2 Å². The minimum absolute atomic E-state index is 0.0335. The number of imide groups is 1. The van der Waals surface area contributed by atoms with Crippen LogP contribution in [0.25, 0.3) is 5.57 Å². The number of aliphatic hydroxyl groups is 1. The van der Waals surface area contributed by atoms with Crippen molar-refractivity contribution in [2.24, 2.45) is 0 Å². The van der Waals surface area contributed by atoms with Gasteiger partial charge in [0.1, 0.15) is 5.82 Å². The van der Waals surface area contributed by atoms with Gasteiger partial charge in [-0.05, 0) is 31.0 Å². The SMILES string of the molecule is Cc1ccc(C2=C(O)C(=O)N(Cc3ccccc3F)C2=O)c(C)c1. The van der Waals surface area contributed by atoms with Gasteiger partial charge in [-0.1, -0.05) is 42.0 Å². The van der Waals surface area contributed by atoms with Gasteiger partial charge >= 0.3 is 0 Å². The van der Waals surface area contributed by atoms with E-state index in [1.54, 1.807) is 25.1 Å². The molecule has 2 amide bonds. The number of aliphatic hydroxyl groups excluding tert-OH is 1. The number of amides is 2. The fourth-order valence-electron chi connectivity index (χ4n) is 2.84. The Morgan fingerprint density at radius 3 is 2.42 bits per heavy atom. The molecule has 0 aliphatic carbocycles. The zero-order chi connectivity index (χ0) is 17.4. The van der Waals surface area contributed by atoms with Crippen LogP contribution in [0.1, 0.15) is 22.3 Å². The van der Waals surface area contributed by atoms with Crippen molar-refractivity contribution < 1.29 is 19.1 Å². The number of aryl methyl sites for hydroxylation is 2. The highest BCUT2D eigenvalue weighted by atomic mass is 19.1. The molecular weight excluding hydrogens is 309 g/mol. The summed E-state index contributed by atoms with van der Waals surface area (Å²) in [5.74, 6) is -2.52. The van der Waals surface area contributed by atoms with Crippen molar-refractivity contribution in [2.75, 3.05) is 0 Å². The van der Waals surface area contributed by atoms with E-state index in [1.807, 2.05) is 13.0 Å². The lowest BCUT2D eigenvalue weighted by molar-refractivity contribution is -0.138. The maximum absolute atomic E-state index is 13.8. The second kappa shape index (κ2) is 5.92. The monoisotopic (exact) mass is 325 g/mol. The van der Waals surface area contributed by atoms with Gasteiger partial charge < -0.3 is 5.11 Å². The zero-order valence-corrected chi connectivity index (χ0v) is 13.3. The maximum Gasteiger partial charge on any atom is 0.296 e. The summed E-state index contributed by atoms with van der Waals surface area (Å²) in [7, 11) is 0. The molecular formula is C19H16FNO3. The summed E-state index contributed by atoms with van der Waals surface area (Å²) in [5, 5.41) is 10.2. The fourth-order valence-corrected chi connectivity index (χ4v) is 2.84. The molecule has 4 nitrogen and oxygen atoms in total. The molecule has 5 heteroatoms. The van der Waals surface area contributed by atoms with E-state index in [-0.39, 0.29) is 17.7 Å². The number of halogens is 1. The van der Waals surface area contributed by atoms with Crippen LogP contribution in [0.2, 0.25) is 0 Å². The number of hydrogen-bond donors (Lipinski definition) is 1. The number of carbonyl (C=O) groups is 2. The highest BCUT2D eigenvalue weighted by Crippen LogP contribution is 2.31. The topological polar surface area (TPSA) is 57.6 Å². The van der Waals surface area contributed by atoms with Crippen molar-refractivity contribution in [3.05, 3.63) is 76.3 Å². The summed E-state index contributed by atoms with van der Waals surface area (Å²) in [4.78, 5) is 25.8. The molecule has 0 saturated heterocycles. The Morgan fingerprint density at radius 1 is 1.04 bits per heavy atom. The van der Waals surface area contributed by atoms with E-state index >= 15 is 0 Å². The van der Waals surface area contributed by atoms with E-state index in [0.29, 0.717) is 5.56 Å². The number of benzene rings is 2. The molecule has 0 atom stereocenters. The summed E-state index contributed by atoms with van der Waals surface area (Å²) >= 11 is 0. The lowest BCUT2D eigenvalue weighted by Crippen LogP contribution is -2.31. The Bertz CT molecular complexity index is 886. The molecule has 122 valence electrons. The third kappa shape index (κ3) is 2.58. The van der Waals surface area contributed by atoms with Crippen LogP contribution in [0.5, 0.6) is 0 Å². The predicted molar refractivity (Wildman–Crippen MR) is 87.4 cm³/mol. The molecule has 0 bridgehead atoms. The summed E-state index contributed by atoms with van der Waals surface area (Å²) < 4.78 is 13.8. The Morgan fingerprint density at radius 2 is 1.75 bits per heavy atom. The number of nitrogens with zero attached hydrogens (tertiary/aromatic N) is 1. The van der Waals surface area contributed by atoms with Gasteiger partial charge in [0.2, 0.25) is 0 Å². The van der Waals surface area contributed by atoms with Gasteiger partial charge in [0, 0.05) is 5.56 Å². The van der Waals surface area contributed by atoms with E-state index in [9.17, 15) is 19.1 Å². The molecule has 0 radical (unpaired) electrons. The first kappa shape index (κ1) is 15.9. The van der Waals surface area contributed by atoms with E-state index in [2.05, 4.69) is 0 Å². The van der Waals surface area contributed by atoms with Gasteiger partial charge in [-0.3, -0.25) is 14.5 Å². The van der Waals surface area contributed by atoms with Crippen molar-refractivity contribution in [3.8, 4) is 0 Å². The average Bonchev–Trinajstić information content (AvgIpc) is 2.74. The molecule has 1 aliphatic heterocycles. The summed E-state index contributed by atoms with van der Waals surface area (Å²) in [5.41, 5.74) is 2.48. The average molecular weight is 325 g/mol. The Labute approximate surface area is 138 Å². The molecule has 24 heavy (non-hydrogen) atoms. The van der Waals surface area contributed by atoms with Crippen LogP contribution in [-0.4, -0.2) is 21.8 Å². The molecule has 0 unspecified atom stereocenters. The quantitative estimate of drug-likeness (QED) is 0.881. The van der Waals surface area contributed by atoms with Crippen LogP contribution in [-0.2, 0) is 16.1 Å². The largest absolute Gasteiger partial charge is 0.502 e. The molecule has 0 saturated carbocycles. The molecule has 0 aromatic heterocycles. The van der Waals surface area contributed by atoms with Crippen LogP contribution < -0.4 is 0 Å². The third-order valence-electron chi connectivity index (χ3n) is 4.08. The summed E-state index contributed by atoms with van der Waals surface area (Å²) in [6.45, 7) is 3.50. The standard InChI is InChI=1S/C19H16FNO3/c1-11-7-8-14(12(2)9-11)16-17(22)19(24)21(18(16)23)10-13-5-3-4-6-15(13)20/h3-9,22H,10H2,1-2H3. The second-order valence-corrected chi connectivity index (χ2v) is 5.83. The van der Waals surface area contributed by atoms with Crippen LogP contribution >= 0.6 is 0 Å². The fraction of sp³-hybridized carbons (Fsp3) is 0.158. The van der Waals surface area contributed by atoms with Crippen molar-refractivity contribution in [1.29, 1.82) is 0 Å². The highest BCUT2D eigenvalue weighted by molar-refractivity contribution is 6.35. The van der Waals surface area contributed by atoms with Gasteiger partial charge in [-0.2, -0.15) is 0 Å². The van der Waals surface area contributed by atoms with Crippen LogP contribution in [0, 0.1) is 19.7 Å². The van der Waals surface area contributed by atoms with Crippen molar-refractivity contribution >= 4 is 17.4 Å². The molecule has 0 fully saturated rings. The molecule has 2 aromatic rings. The van der Waals surface area contributed by atoms with Gasteiger partial charge in [0.05, 0.1) is 12.1 Å². The molecule has 1 aliphatic rings. The molecule has 1 heterocycles. The maximum atomic E-state index is 13.8. The van der Waals surface area contributed by atoms with Crippen LogP contribution in [0.4, 0.5) is 4.39 Å². The van der Waals surface area contributed by atoms with Gasteiger partial charge in [-0.15, -0.1) is 0 Å². The van der Waals surface area contributed by atoms with E-state index in [0.717, 1.165) is 16.0 Å². The molecule has 3 rings (SSSR count). The van der Waals surface area contributed by atoms with Crippen molar-refractivity contribution in [2.45, 2.75) is 20.4 Å². The van der Waals surface area contributed by atoms with Crippen LogP contribution in [0.3, 0.4) is 0 Å². The zero-order valence-electron chi connectivity index (χ0n) is 13.3. The van der Waals surface area contributed by atoms with E-state index < -0.39 is 23.4 Å². The molecule has 2 aromatic carbocycles. The smallest absolute Gasteiger partial charge is 0.296 e. The number of hydrogen-bond acceptors (Lipinski definition) is 3. The van der Waals surface area contributed by atoms with Crippen molar-refractivity contribution in [3.63, 3.8) is 0 Å². The van der Waals surface area contributed by atoms with E-state index in [1.165, 1.54) is 18.2 Å². The first-order valence-electron chi connectivity index (χ1n) is 7.50. The van der Waals surface area contributed by atoms with Gasteiger partial charge in [0.25, 0.3) is 11.8 Å². The summed E-state index contributed by atoms with van der Waals surface area (Å²) in [6, 6.07) is 11.3. The third-order valence-corrected chi connectivity index (χ3v) is 4.08. The first-order valence-corrected chi connectivity index (χ1v) is 7.50. The second-order valence-electron chi connectivity index (χ2n) is 5.83. The minimum Gasteiger partial charge on any atom is -0.502 e. The van der Waals surface area contributed by atoms with Gasteiger partial charge in [-0.25, -0.2) is 4.39 Å². The van der Waals surface area contributed by atoms with E-state index in [4.69, 9.17) is 0 Å². The normalized spacial score (nSPS) is 14.7. The minimum atomic E-state index is -0.807. The molecule has 0 spiro atoms. The highest BCUT2D eigenvalue weighted by Gasteiger charge is 2.39. The lowest BCUT2D eigenvalue weighted by Gasteiger charge is -2.15. The summed E-state index contributed by atoms with van der Waals surface area (Å²) in [6.07, 6.45) is 0. The first-order chi connectivity index (χ1) is 11.4. The molecule has 1 N–H and O–H groups in total. The number of carbonyl (C=O) groups excluding carboxylic acids is 2. The van der Waals surface area contributed by atoms with Crippen molar-refractivity contribution in [1.82, 2.24) is 4.90 Å². The predicted octanol–water partition coefficient (Wildman–Crippen LogP) is 3.28. The lowest BCUT2D eigenvalue weighted by atomic mass is 9.98. The Hall–Kier alpha value is -2.95. The Balaban J connectivity index is 1.97. The Kier molecular flexibility index (Phi) is 3.93. The van der Waals surface area contributed by atoms with Gasteiger partial charge in [0.15, 0.2) is 5.76 Å².